The Morgan fingerprint density at radius 2 is 2.12 bits per heavy atom. The molecule has 24 heavy (non-hydrogen) atoms. The molecule has 0 spiro atoms. The molecule has 0 unspecified atom stereocenters. The maximum atomic E-state index is 12.6. The van der Waals surface area contributed by atoms with Crippen LogP contribution in [-0.2, 0) is 24.0 Å². The number of nitrogens with one attached hydrogen (secondary N) is 2. The summed E-state index contributed by atoms with van der Waals surface area (Å²) in [5.74, 6) is 0.340. The number of alkyl halides is 3. The van der Waals surface area contributed by atoms with Crippen LogP contribution in [0.5, 0.6) is 0 Å². The van der Waals surface area contributed by atoms with Gasteiger partial charge >= 0.3 is 12.2 Å². The average molecular weight is 342 g/mol. The Kier molecular flexibility index (Phi) is 5.80. The molecular weight excluding hydrogens is 325 g/mol. The third kappa shape index (κ3) is 5.27. The van der Waals surface area contributed by atoms with Crippen LogP contribution in [0.2, 0.25) is 0 Å². The maximum Gasteiger partial charge on any atom is 0.416 e. The number of methoxy groups -OCH3 is 1. The van der Waals surface area contributed by atoms with E-state index in [1.807, 2.05) is 0 Å². The molecule has 0 aliphatic rings. The van der Waals surface area contributed by atoms with E-state index in [4.69, 9.17) is 4.74 Å². The molecule has 2 amide bonds. The van der Waals surface area contributed by atoms with E-state index in [2.05, 4.69) is 15.7 Å². The SMILES string of the molecule is COCCn1ccc(NC(=O)NCc2cccc(C(F)(F)F)c2)n1. The van der Waals surface area contributed by atoms with Gasteiger partial charge in [0.2, 0.25) is 0 Å². The highest BCUT2D eigenvalue weighted by Crippen LogP contribution is 2.29. The predicted molar refractivity (Wildman–Crippen MR) is 81.4 cm³/mol. The van der Waals surface area contributed by atoms with Crippen molar-refractivity contribution >= 4 is 11.8 Å². The number of rotatable bonds is 6. The summed E-state index contributed by atoms with van der Waals surface area (Å²) < 4.78 is 44.4. The van der Waals surface area contributed by atoms with Crippen LogP contribution in [0.4, 0.5) is 23.8 Å². The molecule has 0 aliphatic carbocycles. The van der Waals surface area contributed by atoms with E-state index in [0.29, 0.717) is 24.5 Å². The van der Waals surface area contributed by atoms with Crippen LogP contribution in [0.15, 0.2) is 36.5 Å². The Morgan fingerprint density at radius 1 is 1.33 bits per heavy atom. The summed E-state index contributed by atoms with van der Waals surface area (Å²) in [4.78, 5) is 11.8. The number of urea groups is 1. The highest BCUT2D eigenvalue weighted by Gasteiger charge is 2.30. The second-order valence-corrected chi connectivity index (χ2v) is 4.96. The lowest BCUT2D eigenvalue weighted by Gasteiger charge is -2.09. The summed E-state index contributed by atoms with van der Waals surface area (Å²) in [5, 5.41) is 9.10. The molecule has 2 aromatic rings. The van der Waals surface area contributed by atoms with E-state index in [9.17, 15) is 18.0 Å². The van der Waals surface area contributed by atoms with Gasteiger partial charge in [0.25, 0.3) is 0 Å². The molecule has 0 radical (unpaired) electrons. The van der Waals surface area contributed by atoms with E-state index < -0.39 is 17.8 Å². The second-order valence-electron chi connectivity index (χ2n) is 4.96. The van der Waals surface area contributed by atoms with Gasteiger partial charge in [-0.25, -0.2) is 4.79 Å². The Labute approximate surface area is 136 Å². The Hall–Kier alpha value is -2.55. The first-order chi connectivity index (χ1) is 11.4. The minimum Gasteiger partial charge on any atom is -0.383 e. The van der Waals surface area contributed by atoms with Crippen molar-refractivity contribution in [3.63, 3.8) is 0 Å². The molecule has 130 valence electrons. The first kappa shape index (κ1) is 17.8. The number of hydrogen-bond donors (Lipinski definition) is 2. The normalized spacial score (nSPS) is 11.3. The van der Waals surface area contributed by atoms with E-state index in [1.54, 1.807) is 24.1 Å². The van der Waals surface area contributed by atoms with Crippen LogP contribution in [0, 0.1) is 0 Å². The molecule has 6 nitrogen and oxygen atoms in total. The number of benzene rings is 1. The van der Waals surface area contributed by atoms with Gasteiger partial charge in [-0.2, -0.15) is 18.3 Å². The molecule has 1 aromatic heterocycles. The van der Waals surface area contributed by atoms with E-state index in [-0.39, 0.29) is 6.54 Å². The van der Waals surface area contributed by atoms with Gasteiger partial charge in [-0.3, -0.25) is 10.00 Å². The molecule has 1 aromatic carbocycles. The predicted octanol–water partition coefficient (Wildman–Crippen LogP) is 2.87. The van der Waals surface area contributed by atoms with Crippen molar-refractivity contribution in [3.8, 4) is 0 Å². The van der Waals surface area contributed by atoms with Crippen LogP contribution in [-0.4, -0.2) is 29.5 Å². The van der Waals surface area contributed by atoms with Gasteiger partial charge in [-0.05, 0) is 17.7 Å². The molecule has 9 heteroatoms. The third-order valence-corrected chi connectivity index (χ3v) is 3.11. The number of carbonyl (C=O) groups is 1. The molecule has 0 saturated heterocycles. The number of amides is 2. The lowest BCUT2D eigenvalue weighted by molar-refractivity contribution is -0.137. The first-order valence-corrected chi connectivity index (χ1v) is 7.12. The van der Waals surface area contributed by atoms with Crippen LogP contribution in [0.25, 0.3) is 0 Å². The molecule has 2 N–H and O–H groups in total. The number of aromatic nitrogens is 2. The van der Waals surface area contributed by atoms with Crippen molar-refractivity contribution in [1.82, 2.24) is 15.1 Å². The standard InChI is InChI=1S/C15H17F3N4O2/c1-24-8-7-22-6-5-13(21-22)20-14(23)19-10-11-3-2-4-12(9-11)15(16,17)18/h2-6,9H,7-8,10H2,1H3,(H2,19,20,21,23). The topological polar surface area (TPSA) is 68.2 Å². The lowest BCUT2D eigenvalue weighted by Crippen LogP contribution is -2.28. The van der Waals surface area contributed by atoms with Crippen molar-refractivity contribution in [3.05, 3.63) is 47.7 Å². The zero-order valence-electron chi connectivity index (χ0n) is 12.9. The Bertz CT molecular complexity index is 685. The summed E-state index contributed by atoms with van der Waals surface area (Å²) >= 11 is 0. The highest BCUT2D eigenvalue weighted by atomic mass is 19.4. The fourth-order valence-corrected chi connectivity index (χ4v) is 1.94. The first-order valence-electron chi connectivity index (χ1n) is 7.12. The number of anilines is 1. The van der Waals surface area contributed by atoms with Crippen molar-refractivity contribution in [2.75, 3.05) is 19.0 Å². The number of nitrogens with zero attached hydrogens (tertiary/aromatic N) is 2. The maximum absolute atomic E-state index is 12.6. The van der Waals surface area contributed by atoms with Gasteiger partial charge in [0.1, 0.15) is 0 Å². The highest BCUT2D eigenvalue weighted by molar-refractivity contribution is 5.88. The number of ether oxygens (including phenoxy) is 1. The van der Waals surface area contributed by atoms with Crippen molar-refractivity contribution in [1.29, 1.82) is 0 Å². The molecule has 0 atom stereocenters. The Balaban J connectivity index is 1.86. The quantitative estimate of drug-likeness (QED) is 0.848. The summed E-state index contributed by atoms with van der Waals surface area (Å²) in [6.45, 7) is 1.01. The molecule has 0 saturated carbocycles. The number of hydrogen-bond acceptors (Lipinski definition) is 3. The largest absolute Gasteiger partial charge is 0.416 e. The second kappa shape index (κ2) is 7.82. The fourth-order valence-electron chi connectivity index (χ4n) is 1.94. The number of carbonyl (C=O) groups excluding carboxylic acids is 1. The van der Waals surface area contributed by atoms with Gasteiger partial charge in [-0.1, -0.05) is 12.1 Å². The summed E-state index contributed by atoms with van der Waals surface area (Å²) in [6.07, 6.45) is -2.73. The van der Waals surface area contributed by atoms with Crippen LogP contribution >= 0.6 is 0 Å². The van der Waals surface area contributed by atoms with Crippen molar-refractivity contribution in [2.24, 2.45) is 0 Å². The van der Waals surface area contributed by atoms with Crippen LogP contribution in [0.3, 0.4) is 0 Å². The van der Waals surface area contributed by atoms with E-state index in [0.717, 1.165) is 12.1 Å². The van der Waals surface area contributed by atoms with E-state index in [1.165, 1.54) is 12.1 Å². The summed E-state index contributed by atoms with van der Waals surface area (Å²) in [7, 11) is 1.57. The smallest absolute Gasteiger partial charge is 0.383 e. The zero-order valence-corrected chi connectivity index (χ0v) is 12.9. The summed E-state index contributed by atoms with van der Waals surface area (Å²) in [6, 6.07) is 5.85. The molecule has 2 rings (SSSR count). The van der Waals surface area contributed by atoms with Crippen molar-refractivity contribution in [2.45, 2.75) is 19.3 Å². The zero-order chi connectivity index (χ0) is 17.6. The van der Waals surface area contributed by atoms with Gasteiger partial charge < -0.3 is 10.1 Å². The molecular formula is C15H17F3N4O2. The minimum absolute atomic E-state index is 0.0276. The van der Waals surface area contributed by atoms with Crippen molar-refractivity contribution < 1.29 is 22.7 Å². The average Bonchev–Trinajstić information content (AvgIpc) is 2.98. The monoisotopic (exact) mass is 342 g/mol. The molecule has 1 heterocycles. The molecule has 0 aliphatic heterocycles. The van der Waals surface area contributed by atoms with Gasteiger partial charge in [-0.15, -0.1) is 0 Å². The molecule has 0 bridgehead atoms. The number of halogens is 3. The van der Waals surface area contributed by atoms with Crippen LogP contribution < -0.4 is 10.6 Å². The van der Waals surface area contributed by atoms with Gasteiger partial charge in [0, 0.05) is 25.9 Å². The lowest BCUT2D eigenvalue weighted by atomic mass is 10.1. The fraction of sp³-hybridized carbons (Fsp3) is 0.333. The van der Waals surface area contributed by atoms with Gasteiger partial charge in [0.05, 0.1) is 18.7 Å². The molecule has 0 fully saturated rings. The van der Waals surface area contributed by atoms with E-state index >= 15 is 0 Å². The minimum atomic E-state index is -4.41. The summed E-state index contributed by atoms with van der Waals surface area (Å²) in [5.41, 5.74) is -0.398. The van der Waals surface area contributed by atoms with Crippen LogP contribution in [0.1, 0.15) is 11.1 Å². The Morgan fingerprint density at radius 3 is 2.83 bits per heavy atom. The van der Waals surface area contributed by atoms with Gasteiger partial charge in [0.15, 0.2) is 5.82 Å². The third-order valence-electron chi connectivity index (χ3n) is 3.11.